The van der Waals surface area contributed by atoms with Gasteiger partial charge in [-0.2, -0.15) is 5.26 Å². The van der Waals surface area contributed by atoms with Crippen LogP contribution < -0.4 is 4.74 Å². The quantitative estimate of drug-likeness (QED) is 0.854. The third kappa shape index (κ3) is 3.72. The summed E-state index contributed by atoms with van der Waals surface area (Å²) in [6.45, 7) is 1.29. The highest BCUT2D eigenvalue weighted by Crippen LogP contribution is 2.29. The molecule has 1 aromatic carbocycles. The smallest absolute Gasteiger partial charge is 0.326 e. The Balaban J connectivity index is 1.95. The fourth-order valence-electron chi connectivity index (χ4n) is 2.05. The van der Waals surface area contributed by atoms with Crippen LogP contribution >= 0.6 is 0 Å². The van der Waals surface area contributed by atoms with Crippen molar-refractivity contribution in [1.82, 2.24) is 4.90 Å². The third-order valence-corrected chi connectivity index (χ3v) is 3.35. The molecule has 1 N–H and O–H groups in total. The van der Waals surface area contributed by atoms with Gasteiger partial charge in [0.25, 0.3) is 5.91 Å². The number of nitriles is 1. The lowest BCUT2D eigenvalue weighted by atomic mass is 10.2. The minimum absolute atomic E-state index is 0.00756. The van der Waals surface area contributed by atoms with E-state index < -0.39 is 12.0 Å². The molecule has 6 heteroatoms. The number of benzene rings is 1. The highest BCUT2D eigenvalue weighted by molar-refractivity contribution is 5.84. The van der Waals surface area contributed by atoms with Crippen LogP contribution in [0.3, 0.4) is 0 Å². The number of aliphatic carboxylic acids is 1. The zero-order chi connectivity index (χ0) is 15.4. The second-order valence-corrected chi connectivity index (χ2v) is 4.97. The van der Waals surface area contributed by atoms with E-state index in [1.807, 2.05) is 6.07 Å². The molecule has 1 saturated carbocycles. The molecule has 21 heavy (non-hydrogen) atoms. The molecule has 1 aromatic rings. The maximum absolute atomic E-state index is 12.2. The summed E-state index contributed by atoms with van der Waals surface area (Å²) in [4.78, 5) is 24.6. The molecule has 1 atom stereocenters. The Bertz CT molecular complexity index is 572. The summed E-state index contributed by atoms with van der Waals surface area (Å²) in [6.07, 6.45) is 1.67. The van der Waals surface area contributed by atoms with Gasteiger partial charge in [0.2, 0.25) is 0 Å². The second-order valence-electron chi connectivity index (χ2n) is 4.97. The molecule has 1 fully saturated rings. The largest absolute Gasteiger partial charge is 0.484 e. The first-order valence-electron chi connectivity index (χ1n) is 6.70. The second kappa shape index (κ2) is 6.27. The van der Waals surface area contributed by atoms with E-state index in [1.54, 1.807) is 24.3 Å². The molecule has 1 unspecified atom stereocenters. The van der Waals surface area contributed by atoms with Crippen molar-refractivity contribution >= 4 is 11.9 Å². The van der Waals surface area contributed by atoms with Crippen molar-refractivity contribution in [3.63, 3.8) is 0 Å². The fourth-order valence-corrected chi connectivity index (χ4v) is 2.05. The summed E-state index contributed by atoms with van der Waals surface area (Å²) in [5.41, 5.74) is 0.507. The summed E-state index contributed by atoms with van der Waals surface area (Å²) in [5, 5.41) is 17.7. The number of nitrogens with zero attached hydrogens (tertiary/aromatic N) is 2. The van der Waals surface area contributed by atoms with Crippen LogP contribution in [0.15, 0.2) is 24.3 Å². The predicted octanol–water partition coefficient (Wildman–Crippen LogP) is 1.40. The Morgan fingerprint density at radius 1 is 1.43 bits per heavy atom. The normalized spacial score (nSPS) is 14.9. The molecule has 0 aliphatic heterocycles. The average molecular weight is 288 g/mol. The number of carbonyl (C=O) groups is 2. The number of carboxylic acid groups (broad SMARTS) is 1. The van der Waals surface area contributed by atoms with Crippen molar-refractivity contribution < 1.29 is 19.4 Å². The van der Waals surface area contributed by atoms with Crippen LogP contribution in [0.5, 0.6) is 5.75 Å². The topological polar surface area (TPSA) is 90.6 Å². The van der Waals surface area contributed by atoms with Crippen LogP contribution in [-0.2, 0) is 9.59 Å². The van der Waals surface area contributed by atoms with E-state index in [9.17, 15) is 9.59 Å². The molecule has 2 rings (SSSR count). The van der Waals surface area contributed by atoms with Crippen molar-refractivity contribution in [3.05, 3.63) is 29.8 Å². The van der Waals surface area contributed by atoms with E-state index in [2.05, 4.69) is 0 Å². The highest BCUT2D eigenvalue weighted by atomic mass is 16.5. The van der Waals surface area contributed by atoms with Crippen molar-refractivity contribution in [1.29, 1.82) is 5.26 Å². The summed E-state index contributed by atoms with van der Waals surface area (Å²) in [7, 11) is 0. The number of ether oxygens (including phenoxy) is 1. The Labute approximate surface area is 122 Å². The van der Waals surface area contributed by atoms with E-state index >= 15 is 0 Å². The van der Waals surface area contributed by atoms with E-state index in [4.69, 9.17) is 15.1 Å². The van der Waals surface area contributed by atoms with Gasteiger partial charge in [-0.25, -0.2) is 4.79 Å². The van der Waals surface area contributed by atoms with Gasteiger partial charge in [-0.05, 0) is 44.0 Å². The van der Waals surface area contributed by atoms with Crippen LogP contribution in [-0.4, -0.2) is 40.6 Å². The highest BCUT2D eigenvalue weighted by Gasteiger charge is 2.38. The minimum Gasteiger partial charge on any atom is -0.484 e. The average Bonchev–Trinajstić information content (AvgIpc) is 3.30. The summed E-state index contributed by atoms with van der Waals surface area (Å²) >= 11 is 0. The zero-order valence-corrected chi connectivity index (χ0v) is 11.7. The van der Waals surface area contributed by atoms with Crippen LogP contribution in [0, 0.1) is 11.3 Å². The lowest BCUT2D eigenvalue weighted by molar-refractivity contribution is -0.150. The number of carbonyl (C=O) groups excluding carboxylic acids is 1. The molecule has 0 bridgehead atoms. The Hall–Kier alpha value is -2.55. The molecule has 1 aliphatic carbocycles. The molecule has 0 heterocycles. The molecule has 0 spiro atoms. The molecule has 0 saturated heterocycles. The van der Waals surface area contributed by atoms with E-state index in [0.717, 1.165) is 12.8 Å². The van der Waals surface area contributed by atoms with Gasteiger partial charge in [0.15, 0.2) is 6.61 Å². The molecular weight excluding hydrogens is 272 g/mol. The van der Waals surface area contributed by atoms with Crippen molar-refractivity contribution in [2.24, 2.45) is 0 Å². The van der Waals surface area contributed by atoms with Gasteiger partial charge >= 0.3 is 5.97 Å². The van der Waals surface area contributed by atoms with Crippen LogP contribution in [0.4, 0.5) is 0 Å². The lowest BCUT2D eigenvalue weighted by Crippen LogP contribution is -2.46. The first-order chi connectivity index (χ1) is 10.0. The van der Waals surface area contributed by atoms with Gasteiger partial charge in [0.1, 0.15) is 11.8 Å². The van der Waals surface area contributed by atoms with Gasteiger partial charge in [0.05, 0.1) is 11.6 Å². The standard InChI is InChI=1S/C15H16N2O4/c1-10(15(19)20)17(12-4-5-12)14(18)9-21-13-6-2-11(8-16)3-7-13/h2-3,6-7,10,12H,4-5,9H2,1H3,(H,19,20). The molecule has 110 valence electrons. The van der Waals surface area contributed by atoms with Gasteiger partial charge in [0, 0.05) is 6.04 Å². The summed E-state index contributed by atoms with van der Waals surface area (Å²) in [6, 6.07) is 7.55. The third-order valence-electron chi connectivity index (χ3n) is 3.35. The van der Waals surface area contributed by atoms with E-state index in [1.165, 1.54) is 11.8 Å². The molecule has 0 aromatic heterocycles. The number of amides is 1. The van der Waals surface area contributed by atoms with E-state index in [0.29, 0.717) is 11.3 Å². The molecule has 1 aliphatic rings. The maximum atomic E-state index is 12.2. The SMILES string of the molecule is CC(C(=O)O)N(C(=O)COc1ccc(C#N)cc1)C1CC1. The molecule has 0 radical (unpaired) electrons. The summed E-state index contributed by atoms with van der Waals surface area (Å²) < 4.78 is 5.36. The Kier molecular flexibility index (Phi) is 4.43. The number of rotatable bonds is 6. The fraction of sp³-hybridized carbons (Fsp3) is 0.400. The van der Waals surface area contributed by atoms with Crippen molar-refractivity contribution in [2.75, 3.05) is 6.61 Å². The number of hydrogen-bond acceptors (Lipinski definition) is 4. The molecular formula is C15H16N2O4. The van der Waals surface area contributed by atoms with E-state index in [-0.39, 0.29) is 18.6 Å². The van der Waals surface area contributed by atoms with Crippen LogP contribution in [0.1, 0.15) is 25.3 Å². The molecule has 1 amide bonds. The van der Waals surface area contributed by atoms with Crippen LogP contribution in [0.25, 0.3) is 0 Å². The van der Waals surface area contributed by atoms with Crippen molar-refractivity contribution in [3.8, 4) is 11.8 Å². The van der Waals surface area contributed by atoms with Crippen LogP contribution in [0.2, 0.25) is 0 Å². The Morgan fingerprint density at radius 2 is 2.05 bits per heavy atom. The predicted molar refractivity (Wildman–Crippen MR) is 73.6 cm³/mol. The van der Waals surface area contributed by atoms with Gasteiger partial charge in [-0.15, -0.1) is 0 Å². The van der Waals surface area contributed by atoms with Gasteiger partial charge < -0.3 is 14.7 Å². The Morgan fingerprint density at radius 3 is 2.52 bits per heavy atom. The molecule has 6 nitrogen and oxygen atoms in total. The zero-order valence-electron chi connectivity index (χ0n) is 11.7. The number of carboxylic acids is 1. The lowest BCUT2D eigenvalue weighted by Gasteiger charge is -2.26. The summed E-state index contributed by atoms with van der Waals surface area (Å²) in [5.74, 6) is -0.883. The van der Waals surface area contributed by atoms with Gasteiger partial charge in [-0.3, -0.25) is 4.79 Å². The minimum atomic E-state index is -1.02. The maximum Gasteiger partial charge on any atom is 0.326 e. The van der Waals surface area contributed by atoms with Gasteiger partial charge in [-0.1, -0.05) is 0 Å². The van der Waals surface area contributed by atoms with Crippen molar-refractivity contribution in [2.45, 2.75) is 31.8 Å². The number of hydrogen-bond donors (Lipinski definition) is 1. The first-order valence-corrected chi connectivity index (χ1v) is 6.70. The monoisotopic (exact) mass is 288 g/mol. The first kappa shape index (κ1) is 14.9.